The molecule has 1 heterocycles. The van der Waals surface area contributed by atoms with Gasteiger partial charge in [0.05, 0.1) is 11.6 Å². The second kappa shape index (κ2) is 5.15. The van der Waals surface area contributed by atoms with Crippen LogP contribution in [0, 0.1) is 11.3 Å². The number of benzene rings is 2. The Balaban J connectivity index is 2.04. The fraction of sp³-hybridized carbons (Fsp3) is 0.353. The van der Waals surface area contributed by atoms with Crippen LogP contribution in [0.5, 0.6) is 0 Å². The minimum absolute atomic E-state index is 0.615. The Morgan fingerprint density at radius 3 is 2.55 bits per heavy atom. The molecule has 3 nitrogen and oxygen atoms in total. The lowest BCUT2D eigenvalue weighted by molar-refractivity contribution is 0.315. The Morgan fingerprint density at radius 2 is 1.90 bits per heavy atom. The molecule has 102 valence electrons. The summed E-state index contributed by atoms with van der Waals surface area (Å²) in [5, 5.41) is 11.5. The van der Waals surface area contributed by atoms with Crippen molar-refractivity contribution in [3.63, 3.8) is 0 Å². The first-order valence-corrected chi connectivity index (χ1v) is 7.04. The van der Waals surface area contributed by atoms with Crippen molar-refractivity contribution in [2.75, 3.05) is 32.1 Å². The molecule has 2 aromatic rings. The molecule has 0 N–H and O–H groups in total. The fourth-order valence-corrected chi connectivity index (χ4v) is 3.04. The summed E-state index contributed by atoms with van der Waals surface area (Å²) < 4.78 is 0. The molecule has 1 atom stereocenters. The Kier molecular flexibility index (Phi) is 3.33. The maximum absolute atomic E-state index is 9.24. The number of hydrogen-bond donors (Lipinski definition) is 0. The molecular formula is C17H19N3. The summed E-state index contributed by atoms with van der Waals surface area (Å²) >= 11 is 0. The van der Waals surface area contributed by atoms with Gasteiger partial charge in [0.1, 0.15) is 0 Å². The zero-order chi connectivity index (χ0) is 14.1. The van der Waals surface area contributed by atoms with Gasteiger partial charge >= 0.3 is 0 Å². The molecule has 0 saturated carbocycles. The summed E-state index contributed by atoms with van der Waals surface area (Å²) in [6.45, 7) is 2.14. The zero-order valence-electron chi connectivity index (χ0n) is 12.0. The number of nitrogens with zero attached hydrogens (tertiary/aromatic N) is 3. The van der Waals surface area contributed by atoms with Crippen LogP contribution in [0.1, 0.15) is 12.0 Å². The minimum Gasteiger partial charge on any atom is -0.369 e. The molecule has 0 bridgehead atoms. The highest BCUT2D eigenvalue weighted by Crippen LogP contribution is 2.31. The summed E-state index contributed by atoms with van der Waals surface area (Å²) in [6, 6.07) is 15.2. The lowest BCUT2D eigenvalue weighted by atomic mass is 10.0. The predicted molar refractivity (Wildman–Crippen MR) is 83.0 cm³/mol. The van der Waals surface area contributed by atoms with Gasteiger partial charge in [-0.3, -0.25) is 0 Å². The topological polar surface area (TPSA) is 30.3 Å². The Morgan fingerprint density at radius 1 is 1.15 bits per heavy atom. The van der Waals surface area contributed by atoms with E-state index in [1.165, 1.54) is 17.5 Å². The maximum atomic E-state index is 9.24. The predicted octanol–water partition coefficient (Wildman–Crippen LogP) is 2.85. The van der Waals surface area contributed by atoms with Crippen LogP contribution in [0.3, 0.4) is 0 Å². The third-order valence-electron chi connectivity index (χ3n) is 4.26. The van der Waals surface area contributed by atoms with Crippen molar-refractivity contribution in [3.05, 3.63) is 42.0 Å². The summed E-state index contributed by atoms with van der Waals surface area (Å²) in [5.41, 5.74) is 2.01. The van der Waals surface area contributed by atoms with Crippen LogP contribution in [0.4, 0.5) is 5.69 Å². The smallest absolute Gasteiger partial charge is 0.0998 e. The molecule has 3 rings (SSSR count). The second-order valence-corrected chi connectivity index (χ2v) is 5.64. The molecule has 3 heteroatoms. The Bertz CT molecular complexity index is 669. The van der Waals surface area contributed by atoms with Gasteiger partial charge < -0.3 is 9.80 Å². The first-order valence-electron chi connectivity index (χ1n) is 7.04. The van der Waals surface area contributed by atoms with Crippen molar-refractivity contribution in [3.8, 4) is 6.07 Å². The highest BCUT2D eigenvalue weighted by atomic mass is 15.2. The summed E-state index contributed by atoms with van der Waals surface area (Å²) in [4.78, 5) is 4.74. The lowest BCUT2D eigenvalue weighted by Gasteiger charge is -2.23. The van der Waals surface area contributed by atoms with E-state index < -0.39 is 0 Å². The molecule has 1 aliphatic rings. The average molecular weight is 265 g/mol. The van der Waals surface area contributed by atoms with Gasteiger partial charge in [0.2, 0.25) is 0 Å². The van der Waals surface area contributed by atoms with Crippen LogP contribution in [0.25, 0.3) is 10.8 Å². The fourth-order valence-electron chi connectivity index (χ4n) is 3.04. The Hall–Kier alpha value is -2.05. The molecular weight excluding hydrogens is 246 g/mol. The van der Waals surface area contributed by atoms with Gasteiger partial charge in [-0.1, -0.05) is 24.3 Å². The Labute approximate surface area is 120 Å². The molecule has 1 unspecified atom stereocenters. The largest absolute Gasteiger partial charge is 0.369 e. The third kappa shape index (κ3) is 2.13. The van der Waals surface area contributed by atoms with Gasteiger partial charge in [-0.25, -0.2) is 0 Å². The summed E-state index contributed by atoms with van der Waals surface area (Å²) in [6.07, 6.45) is 1.20. The van der Waals surface area contributed by atoms with E-state index in [1.54, 1.807) is 0 Å². The van der Waals surface area contributed by atoms with Gasteiger partial charge in [0.15, 0.2) is 0 Å². The second-order valence-electron chi connectivity index (χ2n) is 5.64. The van der Waals surface area contributed by atoms with Gasteiger partial charge in [-0.05, 0) is 32.6 Å². The van der Waals surface area contributed by atoms with Crippen molar-refractivity contribution in [1.82, 2.24) is 4.90 Å². The SMILES string of the molecule is CN(C)C1CCN(c2ccc(C#N)c3ccccc23)C1. The van der Waals surface area contributed by atoms with E-state index in [0.717, 1.165) is 24.0 Å². The van der Waals surface area contributed by atoms with E-state index in [1.807, 2.05) is 24.3 Å². The molecule has 1 fully saturated rings. The molecule has 0 aromatic heterocycles. The quantitative estimate of drug-likeness (QED) is 0.836. The van der Waals surface area contributed by atoms with E-state index in [9.17, 15) is 5.26 Å². The molecule has 2 aromatic carbocycles. The van der Waals surface area contributed by atoms with E-state index in [4.69, 9.17) is 0 Å². The van der Waals surface area contributed by atoms with E-state index in [0.29, 0.717) is 6.04 Å². The number of hydrogen-bond acceptors (Lipinski definition) is 3. The summed E-state index contributed by atoms with van der Waals surface area (Å²) in [7, 11) is 4.29. The van der Waals surface area contributed by atoms with Crippen LogP contribution >= 0.6 is 0 Å². The van der Waals surface area contributed by atoms with Crippen molar-refractivity contribution >= 4 is 16.5 Å². The number of likely N-dealkylation sites (N-methyl/N-ethyl adjacent to an activating group) is 1. The van der Waals surface area contributed by atoms with Gasteiger partial charge in [-0.2, -0.15) is 5.26 Å². The molecule has 1 aliphatic heterocycles. The summed E-state index contributed by atoms with van der Waals surface area (Å²) in [5.74, 6) is 0. The number of anilines is 1. The van der Waals surface area contributed by atoms with Crippen molar-refractivity contribution in [1.29, 1.82) is 5.26 Å². The van der Waals surface area contributed by atoms with Crippen molar-refractivity contribution < 1.29 is 0 Å². The normalized spacial score (nSPS) is 18.7. The van der Waals surface area contributed by atoms with Crippen LogP contribution < -0.4 is 4.90 Å². The van der Waals surface area contributed by atoms with Gasteiger partial charge in [0.25, 0.3) is 0 Å². The molecule has 0 amide bonds. The molecule has 20 heavy (non-hydrogen) atoms. The van der Waals surface area contributed by atoms with Crippen molar-refractivity contribution in [2.45, 2.75) is 12.5 Å². The third-order valence-corrected chi connectivity index (χ3v) is 4.26. The van der Waals surface area contributed by atoms with Crippen LogP contribution in [-0.2, 0) is 0 Å². The molecule has 0 spiro atoms. The lowest BCUT2D eigenvalue weighted by Crippen LogP contribution is -2.31. The zero-order valence-corrected chi connectivity index (χ0v) is 12.0. The molecule has 0 radical (unpaired) electrons. The average Bonchev–Trinajstić information content (AvgIpc) is 2.96. The monoisotopic (exact) mass is 265 g/mol. The number of rotatable bonds is 2. The number of fused-ring (bicyclic) bond motifs is 1. The highest BCUT2D eigenvalue weighted by molar-refractivity contribution is 5.97. The van der Waals surface area contributed by atoms with Crippen molar-refractivity contribution in [2.24, 2.45) is 0 Å². The molecule has 0 aliphatic carbocycles. The number of nitriles is 1. The van der Waals surface area contributed by atoms with Crippen LogP contribution in [0.2, 0.25) is 0 Å². The first kappa shape index (κ1) is 13.0. The van der Waals surface area contributed by atoms with Gasteiger partial charge in [-0.15, -0.1) is 0 Å². The maximum Gasteiger partial charge on any atom is 0.0998 e. The van der Waals surface area contributed by atoms with Crippen LogP contribution in [0.15, 0.2) is 36.4 Å². The van der Waals surface area contributed by atoms with E-state index in [2.05, 4.69) is 42.1 Å². The highest BCUT2D eigenvalue weighted by Gasteiger charge is 2.25. The van der Waals surface area contributed by atoms with E-state index in [-0.39, 0.29) is 0 Å². The van der Waals surface area contributed by atoms with E-state index >= 15 is 0 Å². The molecule has 1 saturated heterocycles. The minimum atomic E-state index is 0.615. The standard InChI is InChI=1S/C17H19N3/c1-19(2)14-9-10-20(12-14)17-8-7-13(11-18)15-5-3-4-6-16(15)17/h3-8,14H,9-10,12H2,1-2H3. The van der Waals surface area contributed by atoms with Crippen LogP contribution in [-0.4, -0.2) is 38.1 Å². The first-order chi connectivity index (χ1) is 9.70. The van der Waals surface area contributed by atoms with Gasteiger partial charge in [0, 0.05) is 35.6 Å².